The van der Waals surface area contributed by atoms with Crippen molar-refractivity contribution in [2.24, 2.45) is 33.7 Å². The summed E-state index contributed by atoms with van der Waals surface area (Å²) < 4.78 is 5.73. The zero-order valence-electron chi connectivity index (χ0n) is 15.8. The fourth-order valence-corrected chi connectivity index (χ4v) is 7.00. The van der Waals surface area contributed by atoms with Crippen molar-refractivity contribution in [2.75, 3.05) is 0 Å². The van der Waals surface area contributed by atoms with Crippen molar-refractivity contribution in [3.8, 4) is 0 Å². The lowest BCUT2D eigenvalue weighted by atomic mass is 9.47. The second-order valence-electron chi connectivity index (χ2n) is 9.31. The van der Waals surface area contributed by atoms with Crippen LogP contribution in [0.25, 0.3) is 0 Å². The van der Waals surface area contributed by atoms with Crippen LogP contribution in [0, 0.1) is 28.6 Å². The second kappa shape index (κ2) is 5.85. The van der Waals surface area contributed by atoms with Crippen LogP contribution in [-0.2, 0) is 9.53 Å². The fourth-order valence-electron chi connectivity index (χ4n) is 7.00. The number of hydrogen-bond donors (Lipinski definition) is 1. The van der Waals surface area contributed by atoms with E-state index in [-0.39, 0.29) is 22.9 Å². The smallest absolute Gasteiger partial charge is 0.302 e. The van der Waals surface area contributed by atoms with E-state index in [2.05, 4.69) is 25.1 Å². The first-order valence-corrected chi connectivity index (χ1v) is 9.97. The number of ether oxygens (including phenoxy) is 1. The maximum Gasteiger partial charge on any atom is 0.302 e. The average molecular weight is 345 g/mol. The van der Waals surface area contributed by atoms with Crippen LogP contribution in [0.5, 0.6) is 0 Å². The van der Waals surface area contributed by atoms with Gasteiger partial charge < -0.3 is 9.94 Å². The van der Waals surface area contributed by atoms with Gasteiger partial charge in [0.1, 0.15) is 6.10 Å². The highest BCUT2D eigenvalue weighted by Crippen LogP contribution is 2.65. The molecule has 0 saturated heterocycles. The third-order valence-electron chi connectivity index (χ3n) is 8.33. The molecule has 0 aromatic rings. The average Bonchev–Trinajstić information content (AvgIpc) is 2.90. The molecular formula is C21H31NO3. The standard InChI is InChI=1S/C21H31NO3/c1-13(23)25-19-7-6-17-16-5-4-14-12-15(22-24)8-10-20(14,2)18(16)9-11-21(17,19)3/h12,16-19,24H,4-11H2,1-3H3/b22-15+. The quantitative estimate of drug-likeness (QED) is 0.425. The number of carbonyl (C=O) groups excluding carboxylic acids is 1. The highest BCUT2D eigenvalue weighted by Gasteiger charge is 2.59. The second-order valence-corrected chi connectivity index (χ2v) is 9.31. The predicted octanol–water partition coefficient (Wildman–Crippen LogP) is 4.71. The molecule has 0 heterocycles. The molecule has 0 radical (unpaired) electrons. The van der Waals surface area contributed by atoms with Crippen LogP contribution in [0.2, 0.25) is 0 Å². The zero-order valence-corrected chi connectivity index (χ0v) is 15.8. The van der Waals surface area contributed by atoms with Crippen LogP contribution in [0.3, 0.4) is 0 Å². The molecule has 0 bridgehead atoms. The fraction of sp³-hybridized carbons (Fsp3) is 0.810. The van der Waals surface area contributed by atoms with Gasteiger partial charge in [-0.3, -0.25) is 4.79 Å². The van der Waals surface area contributed by atoms with Crippen LogP contribution in [0.15, 0.2) is 16.8 Å². The molecular weight excluding hydrogens is 314 g/mol. The number of oxime groups is 1. The summed E-state index contributed by atoms with van der Waals surface area (Å²) in [7, 11) is 0. The highest BCUT2D eigenvalue weighted by atomic mass is 16.5. The number of esters is 1. The van der Waals surface area contributed by atoms with E-state index in [1.165, 1.54) is 31.3 Å². The number of fused-ring (bicyclic) bond motifs is 5. The molecule has 0 aromatic heterocycles. The Balaban J connectivity index is 1.61. The van der Waals surface area contributed by atoms with Crippen molar-refractivity contribution in [2.45, 2.75) is 78.2 Å². The van der Waals surface area contributed by atoms with E-state index >= 15 is 0 Å². The molecule has 0 spiro atoms. The molecule has 3 fully saturated rings. The molecule has 4 heteroatoms. The Bertz CT molecular complexity index is 639. The first-order chi connectivity index (χ1) is 11.9. The van der Waals surface area contributed by atoms with Crippen LogP contribution < -0.4 is 0 Å². The number of nitrogens with zero attached hydrogens (tertiary/aromatic N) is 1. The summed E-state index contributed by atoms with van der Waals surface area (Å²) in [5.74, 6) is 2.02. The van der Waals surface area contributed by atoms with Gasteiger partial charge in [-0.05, 0) is 80.6 Å². The lowest BCUT2D eigenvalue weighted by Gasteiger charge is -2.57. The third-order valence-corrected chi connectivity index (χ3v) is 8.33. The minimum absolute atomic E-state index is 0.111. The van der Waals surface area contributed by atoms with Crippen LogP contribution >= 0.6 is 0 Å². The minimum Gasteiger partial charge on any atom is -0.462 e. The number of allylic oxidation sites excluding steroid dienone is 2. The van der Waals surface area contributed by atoms with E-state index in [0.29, 0.717) is 5.92 Å². The summed E-state index contributed by atoms with van der Waals surface area (Å²) in [6.07, 6.45) is 11.3. The largest absolute Gasteiger partial charge is 0.462 e. The summed E-state index contributed by atoms with van der Waals surface area (Å²) >= 11 is 0. The zero-order chi connectivity index (χ0) is 17.8. The molecule has 0 amide bonds. The van der Waals surface area contributed by atoms with Gasteiger partial charge >= 0.3 is 5.97 Å². The van der Waals surface area contributed by atoms with E-state index in [4.69, 9.17) is 9.94 Å². The predicted molar refractivity (Wildman–Crippen MR) is 96.5 cm³/mol. The SMILES string of the molecule is CC(=O)OC1CCC2C3CCC4=C/C(=N/O)CCC4(C)C3CCC12C. The highest BCUT2D eigenvalue weighted by molar-refractivity contribution is 5.96. The maximum atomic E-state index is 11.5. The molecule has 4 rings (SSSR count). The summed E-state index contributed by atoms with van der Waals surface area (Å²) in [4.78, 5) is 11.5. The molecule has 1 N–H and O–H groups in total. The first-order valence-electron chi connectivity index (χ1n) is 9.97. The van der Waals surface area contributed by atoms with E-state index in [1.807, 2.05) is 0 Å². The van der Waals surface area contributed by atoms with Gasteiger partial charge in [-0.15, -0.1) is 0 Å². The maximum absolute atomic E-state index is 11.5. The molecule has 0 aromatic carbocycles. The number of carbonyl (C=O) groups is 1. The topological polar surface area (TPSA) is 58.9 Å². The van der Waals surface area contributed by atoms with E-state index in [0.717, 1.165) is 43.2 Å². The van der Waals surface area contributed by atoms with Gasteiger partial charge in [-0.1, -0.05) is 24.6 Å². The van der Waals surface area contributed by atoms with Crippen molar-refractivity contribution in [3.05, 3.63) is 11.6 Å². The van der Waals surface area contributed by atoms with E-state index in [1.54, 1.807) is 6.92 Å². The van der Waals surface area contributed by atoms with Crippen molar-refractivity contribution < 1.29 is 14.7 Å². The third kappa shape index (κ3) is 2.47. The van der Waals surface area contributed by atoms with Gasteiger partial charge in [0.25, 0.3) is 0 Å². The van der Waals surface area contributed by atoms with Gasteiger partial charge in [0.15, 0.2) is 0 Å². The lowest BCUT2D eigenvalue weighted by Crippen LogP contribution is -2.51. The van der Waals surface area contributed by atoms with Crippen molar-refractivity contribution in [1.82, 2.24) is 0 Å². The van der Waals surface area contributed by atoms with Crippen molar-refractivity contribution >= 4 is 11.7 Å². The monoisotopic (exact) mass is 345 g/mol. The van der Waals surface area contributed by atoms with Gasteiger partial charge in [0.05, 0.1) is 5.71 Å². The molecule has 6 atom stereocenters. The Hall–Kier alpha value is -1.32. The Morgan fingerprint density at radius 3 is 2.68 bits per heavy atom. The molecule has 4 aliphatic rings. The molecule has 25 heavy (non-hydrogen) atoms. The van der Waals surface area contributed by atoms with Gasteiger partial charge in [-0.25, -0.2) is 0 Å². The molecule has 6 unspecified atom stereocenters. The minimum atomic E-state index is -0.127. The Labute approximate surface area is 150 Å². The molecule has 138 valence electrons. The van der Waals surface area contributed by atoms with Crippen molar-refractivity contribution in [3.63, 3.8) is 0 Å². The summed E-state index contributed by atoms with van der Waals surface area (Å²) in [6, 6.07) is 0. The Morgan fingerprint density at radius 1 is 1.16 bits per heavy atom. The summed E-state index contributed by atoms with van der Waals surface area (Å²) in [6.45, 7) is 6.37. The number of hydrogen-bond acceptors (Lipinski definition) is 4. The van der Waals surface area contributed by atoms with Gasteiger partial charge in [-0.2, -0.15) is 0 Å². The van der Waals surface area contributed by atoms with E-state index in [9.17, 15) is 4.79 Å². The number of rotatable bonds is 1. The molecule has 3 saturated carbocycles. The van der Waals surface area contributed by atoms with Crippen LogP contribution in [0.1, 0.15) is 72.1 Å². The Kier molecular flexibility index (Phi) is 4.01. The first kappa shape index (κ1) is 17.1. The molecule has 4 aliphatic carbocycles. The summed E-state index contributed by atoms with van der Waals surface area (Å²) in [5.41, 5.74) is 2.78. The van der Waals surface area contributed by atoms with Gasteiger partial charge in [0, 0.05) is 12.3 Å². The molecule has 0 aliphatic heterocycles. The molecule has 4 nitrogen and oxygen atoms in total. The normalized spacial score (nSPS) is 47.5. The Morgan fingerprint density at radius 2 is 1.96 bits per heavy atom. The van der Waals surface area contributed by atoms with Crippen LogP contribution in [-0.4, -0.2) is 23.0 Å². The lowest BCUT2D eigenvalue weighted by molar-refractivity contribution is -0.157. The van der Waals surface area contributed by atoms with Gasteiger partial charge in [0.2, 0.25) is 0 Å². The van der Waals surface area contributed by atoms with Crippen LogP contribution in [0.4, 0.5) is 0 Å². The van der Waals surface area contributed by atoms with Crippen molar-refractivity contribution in [1.29, 1.82) is 0 Å². The summed E-state index contributed by atoms with van der Waals surface area (Å²) in [5, 5.41) is 12.6. The van der Waals surface area contributed by atoms with E-state index < -0.39 is 0 Å².